The van der Waals surface area contributed by atoms with Crippen molar-refractivity contribution in [3.05, 3.63) is 58.9 Å². The van der Waals surface area contributed by atoms with Gasteiger partial charge in [-0.3, -0.25) is 4.98 Å². The molecular weight excluding hydrogens is 288 g/mol. The van der Waals surface area contributed by atoms with Crippen LogP contribution in [-0.2, 0) is 23.2 Å². The Labute approximate surface area is 124 Å². The second kappa shape index (κ2) is 6.34. The van der Waals surface area contributed by atoms with Crippen LogP contribution in [0.25, 0.3) is 0 Å². The maximum absolute atomic E-state index is 12.4. The molecule has 1 aromatic heterocycles. The Bertz CT molecular complexity index is 728. The van der Waals surface area contributed by atoms with Crippen molar-refractivity contribution in [3.63, 3.8) is 0 Å². The fraction of sp³-hybridized carbons (Fsp3) is 0.267. The van der Waals surface area contributed by atoms with Gasteiger partial charge in [0, 0.05) is 18.9 Å². The van der Waals surface area contributed by atoms with E-state index in [1.165, 1.54) is 6.07 Å². The molecule has 0 unspecified atom stereocenters. The number of sulfonamides is 1. The molecule has 0 saturated heterocycles. The van der Waals surface area contributed by atoms with Crippen molar-refractivity contribution in [2.75, 3.05) is 0 Å². The van der Waals surface area contributed by atoms with Crippen LogP contribution in [0.3, 0.4) is 0 Å². The Morgan fingerprint density at radius 3 is 2.62 bits per heavy atom. The van der Waals surface area contributed by atoms with E-state index in [4.69, 9.17) is 0 Å². The molecule has 2 aromatic rings. The summed E-state index contributed by atoms with van der Waals surface area (Å²) in [5.74, 6) is 0. The summed E-state index contributed by atoms with van der Waals surface area (Å²) in [6, 6.07) is 6.85. The second-order valence-electron chi connectivity index (χ2n) is 4.89. The van der Waals surface area contributed by atoms with Crippen LogP contribution in [0.2, 0.25) is 0 Å². The molecule has 21 heavy (non-hydrogen) atoms. The van der Waals surface area contributed by atoms with E-state index >= 15 is 0 Å². The predicted octanol–water partition coefficient (Wildman–Crippen LogP) is 1.67. The third-order valence-corrected chi connectivity index (χ3v) is 4.83. The molecule has 5 nitrogen and oxygen atoms in total. The van der Waals surface area contributed by atoms with Gasteiger partial charge in [-0.15, -0.1) is 0 Å². The van der Waals surface area contributed by atoms with Gasteiger partial charge >= 0.3 is 0 Å². The summed E-state index contributed by atoms with van der Waals surface area (Å²) < 4.78 is 27.3. The third-order valence-electron chi connectivity index (χ3n) is 3.28. The van der Waals surface area contributed by atoms with Gasteiger partial charge in [-0.05, 0) is 48.2 Å². The average Bonchev–Trinajstić information content (AvgIpc) is 2.46. The molecule has 1 aromatic carbocycles. The summed E-state index contributed by atoms with van der Waals surface area (Å²) >= 11 is 0. The molecule has 0 aliphatic heterocycles. The van der Waals surface area contributed by atoms with Gasteiger partial charge in [-0.1, -0.05) is 12.1 Å². The zero-order chi connectivity index (χ0) is 15.5. The average molecular weight is 306 g/mol. The first-order chi connectivity index (χ1) is 9.94. The molecule has 0 atom stereocenters. The highest BCUT2D eigenvalue weighted by atomic mass is 32.2. The van der Waals surface area contributed by atoms with Crippen molar-refractivity contribution in [2.24, 2.45) is 0 Å². The van der Waals surface area contributed by atoms with Gasteiger partial charge in [0.25, 0.3) is 0 Å². The SMILES string of the molecule is Cc1cc(C)c(S(=O)(=O)NCc2cccnc2)cc1CO. The quantitative estimate of drug-likeness (QED) is 0.880. The molecule has 0 saturated carbocycles. The van der Waals surface area contributed by atoms with Crippen molar-refractivity contribution < 1.29 is 13.5 Å². The van der Waals surface area contributed by atoms with Crippen molar-refractivity contribution in [2.45, 2.75) is 31.9 Å². The minimum Gasteiger partial charge on any atom is -0.392 e. The molecule has 0 aliphatic rings. The van der Waals surface area contributed by atoms with Crippen molar-refractivity contribution in [1.29, 1.82) is 0 Å². The number of aliphatic hydroxyl groups excluding tert-OH is 1. The molecule has 2 N–H and O–H groups in total. The molecule has 6 heteroatoms. The maximum atomic E-state index is 12.4. The fourth-order valence-corrected chi connectivity index (χ4v) is 3.39. The molecule has 1 heterocycles. The maximum Gasteiger partial charge on any atom is 0.241 e. The highest BCUT2D eigenvalue weighted by Crippen LogP contribution is 2.20. The zero-order valence-electron chi connectivity index (χ0n) is 12.0. The molecule has 0 spiro atoms. The van der Waals surface area contributed by atoms with E-state index < -0.39 is 10.0 Å². The molecular formula is C15H18N2O3S. The number of aryl methyl sites for hydroxylation is 2. The van der Waals surface area contributed by atoms with Crippen molar-refractivity contribution in [3.8, 4) is 0 Å². The lowest BCUT2D eigenvalue weighted by Gasteiger charge is -2.12. The Kier molecular flexibility index (Phi) is 4.72. The van der Waals surface area contributed by atoms with E-state index in [-0.39, 0.29) is 18.0 Å². The van der Waals surface area contributed by atoms with Crippen LogP contribution in [0.5, 0.6) is 0 Å². The third kappa shape index (κ3) is 3.66. The highest BCUT2D eigenvalue weighted by molar-refractivity contribution is 7.89. The lowest BCUT2D eigenvalue weighted by atomic mass is 10.1. The Morgan fingerprint density at radius 1 is 1.24 bits per heavy atom. The van der Waals surface area contributed by atoms with Gasteiger partial charge in [-0.2, -0.15) is 0 Å². The standard InChI is InChI=1S/C15H18N2O3S/c1-11-6-12(2)15(7-14(11)10-18)21(19,20)17-9-13-4-3-5-16-8-13/h3-8,17-18H,9-10H2,1-2H3. The summed E-state index contributed by atoms with van der Waals surface area (Å²) in [6.45, 7) is 3.58. The fourth-order valence-electron chi connectivity index (χ4n) is 2.09. The second-order valence-corrected chi connectivity index (χ2v) is 6.62. The molecule has 0 bridgehead atoms. The molecule has 0 radical (unpaired) electrons. The van der Waals surface area contributed by atoms with Gasteiger partial charge in [0.05, 0.1) is 11.5 Å². The minimum absolute atomic E-state index is 0.179. The number of aromatic nitrogens is 1. The van der Waals surface area contributed by atoms with E-state index in [0.717, 1.165) is 11.1 Å². The van der Waals surface area contributed by atoms with Crippen LogP contribution in [0.4, 0.5) is 0 Å². The first-order valence-corrected chi connectivity index (χ1v) is 8.02. The van der Waals surface area contributed by atoms with Crippen LogP contribution in [0.1, 0.15) is 22.3 Å². The van der Waals surface area contributed by atoms with Crippen LogP contribution in [-0.4, -0.2) is 18.5 Å². The summed E-state index contributed by atoms with van der Waals surface area (Å²) in [5, 5.41) is 9.28. The molecule has 112 valence electrons. The number of aliphatic hydroxyl groups is 1. The van der Waals surface area contributed by atoms with Crippen LogP contribution in [0.15, 0.2) is 41.6 Å². The Hall–Kier alpha value is -1.76. The van der Waals surface area contributed by atoms with Gasteiger partial charge < -0.3 is 5.11 Å². The summed E-state index contributed by atoms with van der Waals surface area (Å²) in [7, 11) is -3.63. The Balaban J connectivity index is 2.27. The monoisotopic (exact) mass is 306 g/mol. The van der Waals surface area contributed by atoms with E-state index in [1.54, 1.807) is 37.5 Å². The number of rotatable bonds is 5. The molecule has 0 fully saturated rings. The smallest absolute Gasteiger partial charge is 0.241 e. The molecule has 2 rings (SSSR count). The molecule has 0 aliphatic carbocycles. The number of nitrogens with one attached hydrogen (secondary N) is 1. The zero-order valence-corrected chi connectivity index (χ0v) is 12.8. The van der Waals surface area contributed by atoms with Crippen LogP contribution in [0, 0.1) is 13.8 Å². The Morgan fingerprint density at radius 2 is 2.00 bits per heavy atom. The van der Waals surface area contributed by atoms with Gasteiger partial charge in [0.15, 0.2) is 0 Å². The predicted molar refractivity (Wildman–Crippen MR) is 80.1 cm³/mol. The number of pyridine rings is 1. The largest absolute Gasteiger partial charge is 0.392 e. The highest BCUT2D eigenvalue weighted by Gasteiger charge is 2.18. The molecule has 0 amide bonds. The summed E-state index contributed by atoms with van der Waals surface area (Å²) in [5.41, 5.74) is 2.93. The first kappa shape index (κ1) is 15.6. The van der Waals surface area contributed by atoms with Crippen molar-refractivity contribution >= 4 is 10.0 Å². The van der Waals surface area contributed by atoms with E-state index in [1.807, 2.05) is 6.92 Å². The van der Waals surface area contributed by atoms with Gasteiger partial charge in [0.2, 0.25) is 10.0 Å². The normalized spacial score (nSPS) is 11.6. The first-order valence-electron chi connectivity index (χ1n) is 6.53. The number of nitrogens with zero attached hydrogens (tertiary/aromatic N) is 1. The van der Waals surface area contributed by atoms with Crippen LogP contribution >= 0.6 is 0 Å². The van der Waals surface area contributed by atoms with Gasteiger partial charge in [0.1, 0.15) is 0 Å². The number of hydrogen-bond donors (Lipinski definition) is 2. The van der Waals surface area contributed by atoms with E-state index in [0.29, 0.717) is 11.1 Å². The number of hydrogen-bond acceptors (Lipinski definition) is 4. The lowest BCUT2D eigenvalue weighted by Crippen LogP contribution is -2.24. The minimum atomic E-state index is -3.63. The topological polar surface area (TPSA) is 79.3 Å². The summed E-state index contributed by atoms with van der Waals surface area (Å²) in [6.07, 6.45) is 3.25. The number of benzene rings is 1. The van der Waals surface area contributed by atoms with E-state index in [2.05, 4.69) is 9.71 Å². The summed E-state index contributed by atoms with van der Waals surface area (Å²) in [4.78, 5) is 4.14. The van der Waals surface area contributed by atoms with Crippen LogP contribution < -0.4 is 4.72 Å². The van der Waals surface area contributed by atoms with Gasteiger partial charge in [-0.25, -0.2) is 13.1 Å². The van der Waals surface area contributed by atoms with E-state index in [9.17, 15) is 13.5 Å². The van der Waals surface area contributed by atoms with Crippen molar-refractivity contribution in [1.82, 2.24) is 9.71 Å². The lowest BCUT2D eigenvalue weighted by molar-refractivity contribution is 0.280.